The van der Waals surface area contributed by atoms with Gasteiger partial charge in [0, 0.05) is 27.7 Å². The molecule has 0 aromatic heterocycles. The summed E-state index contributed by atoms with van der Waals surface area (Å²) in [5.41, 5.74) is 0. The Labute approximate surface area is 196 Å². The van der Waals surface area contributed by atoms with Gasteiger partial charge in [-0.1, -0.05) is 5.92 Å². The van der Waals surface area contributed by atoms with Crippen LogP contribution in [0.15, 0.2) is 24.3 Å². The monoisotopic (exact) mass is 478 g/mol. The summed E-state index contributed by atoms with van der Waals surface area (Å²) in [6.07, 6.45) is -1.15. The number of hydrogen-bond donors (Lipinski definition) is 0. The molecule has 0 amide bonds. The van der Waals surface area contributed by atoms with Crippen molar-refractivity contribution >= 4 is 23.9 Å². The van der Waals surface area contributed by atoms with E-state index in [9.17, 15) is 19.2 Å². The topological polar surface area (TPSA) is 133 Å². The summed E-state index contributed by atoms with van der Waals surface area (Å²) in [6.45, 7) is 4.34. The van der Waals surface area contributed by atoms with Gasteiger partial charge >= 0.3 is 23.9 Å². The Morgan fingerprint density at radius 1 is 0.824 bits per heavy atom. The maximum Gasteiger partial charge on any atom is 0.303 e. The quantitative estimate of drug-likeness (QED) is 0.288. The van der Waals surface area contributed by atoms with Crippen molar-refractivity contribution in [3.05, 3.63) is 24.3 Å². The van der Waals surface area contributed by atoms with Crippen molar-refractivity contribution in [2.75, 3.05) is 13.2 Å². The van der Waals surface area contributed by atoms with E-state index >= 15 is 0 Å². The number of esters is 4. The second-order valence-electron chi connectivity index (χ2n) is 7.15. The van der Waals surface area contributed by atoms with E-state index in [2.05, 4.69) is 5.92 Å². The molecule has 2 rings (SSSR count). The normalized spacial score (nSPS) is 23.6. The first kappa shape index (κ1) is 26.5. The summed E-state index contributed by atoms with van der Waals surface area (Å²) in [7, 11) is 0. The van der Waals surface area contributed by atoms with Crippen molar-refractivity contribution < 1.29 is 52.3 Å². The van der Waals surface area contributed by atoms with Gasteiger partial charge in [-0.3, -0.25) is 19.2 Å². The van der Waals surface area contributed by atoms with Crippen LogP contribution in [0.25, 0.3) is 0 Å². The van der Waals surface area contributed by atoms with E-state index in [1.807, 2.05) is 0 Å². The van der Waals surface area contributed by atoms with E-state index in [0.717, 1.165) is 20.8 Å². The smallest absolute Gasteiger partial charge is 0.303 e. The van der Waals surface area contributed by atoms with Crippen molar-refractivity contribution in [3.8, 4) is 23.8 Å². The molecule has 1 aliphatic rings. The highest BCUT2D eigenvalue weighted by molar-refractivity contribution is 5.68. The average Bonchev–Trinajstić information content (AvgIpc) is 2.75. The number of benzene rings is 1. The van der Waals surface area contributed by atoms with Crippen LogP contribution in [0, 0.1) is 12.3 Å². The van der Waals surface area contributed by atoms with Gasteiger partial charge in [0.15, 0.2) is 12.2 Å². The lowest BCUT2D eigenvalue weighted by Gasteiger charge is -2.43. The zero-order valence-corrected chi connectivity index (χ0v) is 19.2. The highest BCUT2D eigenvalue weighted by Gasteiger charge is 2.53. The Bertz CT molecular complexity index is 918. The first-order valence-electron chi connectivity index (χ1n) is 10.2. The van der Waals surface area contributed by atoms with Gasteiger partial charge in [-0.25, -0.2) is 0 Å². The third-order valence-corrected chi connectivity index (χ3v) is 4.35. The minimum Gasteiger partial charge on any atom is -0.481 e. The van der Waals surface area contributed by atoms with Crippen LogP contribution >= 0.6 is 0 Å². The molecule has 1 aliphatic heterocycles. The maximum atomic E-state index is 11.8. The molecule has 184 valence electrons. The van der Waals surface area contributed by atoms with Crippen molar-refractivity contribution in [1.82, 2.24) is 0 Å². The maximum absolute atomic E-state index is 11.8. The van der Waals surface area contributed by atoms with E-state index < -0.39 is 54.6 Å². The van der Waals surface area contributed by atoms with Crippen LogP contribution in [0.2, 0.25) is 0 Å². The number of hydrogen-bond acceptors (Lipinski definition) is 11. The van der Waals surface area contributed by atoms with E-state index in [4.69, 9.17) is 39.6 Å². The summed E-state index contributed by atoms with van der Waals surface area (Å²) in [5, 5.41) is 0. The van der Waals surface area contributed by atoms with Crippen molar-refractivity contribution in [2.24, 2.45) is 0 Å². The molecule has 0 spiro atoms. The van der Waals surface area contributed by atoms with Crippen molar-refractivity contribution in [2.45, 2.75) is 58.4 Å². The molecule has 34 heavy (non-hydrogen) atoms. The summed E-state index contributed by atoms with van der Waals surface area (Å²) < 4.78 is 38.1. The van der Waals surface area contributed by atoms with Crippen molar-refractivity contribution in [3.63, 3.8) is 0 Å². The molecule has 0 unspecified atom stereocenters. The predicted molar refractivity (Wildman–Crippen MR) is 113 cm³/mol. The molecule has 0 N–H and O–H groups in total. The minimum atomic E-state index is -1.32. The van der Waals surface area contributed by atoms with Crippen LogP contribution in [-0.2, 0) is 42.9 Å². The third kappa shape index (κ3) is 7.97. The van der Waals surface area contributed by atoms with Gasteiger partial charge < -0.3 is 33.2 Å². The highest BCUT2D eigenvalue weighted by Crippen LogP contribution is 2.31. The molecule has 1 aromatic carbocycles. The van der Waals surface area contributed by atoms with Gasteiger partial charge in [0.05, 0.1) is 0 Å². The lowest BCUT2D eigenvalue weighted by atomic mass is 9.98. The van der Waals surface area contributed by atoms with Gasteiger partial charge in [-0.15, -0.1) is 6.42 Å². The molecule has 5 atom stereocenters. The lowest BCUT2D eigenvalue weighted by molar-refractivity contribution is -0.288. The van der Waals surface area contributed by atoms with Gasteiger partial charge in [0.1, 0.15) is 30.8 Å². The van der Waals surface area contributed by atoms with Gasteiger partial charge in [-0.05, 0) is 24.3 Å². The summed E-state index contributed by atoms with van der Waals surface area (Å²) in [5.74, 6) is 0.332. The summed E-state index contributed by atoms with van der Waals surface area (Å²) >= 11 is 0. The Morgan fingerprint density at radius 2 is 1.35 bits per heavy atom. The molecule has 1 aromatic rings. The van der Waals surface area contributed by atoms with E-state index in [1.54, 1.807) is 24.3 Å². The highest BCUT2D eigenvalue weighted by atomic mass is 16.7. The molecular formula is C23H26O11. The van der Waals surface area contributed by atoms with Gasteiger partial charge in [0.25, 0.3) is 0 Å². The molecular weight excluding hydrogens is 452 g/mol. The summed E-state index contributed by atoms with van der Waals surface area (Å²) in [4.78, 5) is 46.8. The SMILES string of the molecule is C#CCOc1ccc(O[C@H]2O[C@H](COC(C)=O)[C@@H](OC(C)=O)[C@H](OC(C)=O)[C@H]2OC(C)=O)cc1. The Morgan fingerprint density at radius 3 is 1.88 bits per heavy atom. The van der Waals surface area contributed by atoms with E-state index in [-0.39, 0.29) is 19.0 Å². The molecule has 11 nitrogen and oxygen atoms in total. The minimum absolute atomic E-state index is 0.0832. The molecule has 11 heteroatoms. The molecule has 1 heterocycles. The van der Waals surface area contributed by atoms with Crippen LogP contribution in [0.3, 0.4) is 0 Å². The fourth-order valence-corrected chi connectivity index (χ4v) is 3.16. The first-order chi connectivity index (χ1) is 16.1. The number of ether oxygens (including phenoxy) is 7. The Kier molecular flexibility index (Phi) is 9.70. The van der Waals surface area contributed by atoms with E-state index in [0.29, 0.717) is 5.75 Å². The number of rotatable bonds is 9. The van der Waals surface area contributed by atoms with Crippen LogP contribution in [0.5, 0.6) is 11.5 Å². The van der Waals surface area contributed by atoms with Crippen LogP contribution in [0.4, 0.5) is 0 Å². The fourth-order valence-electron chi connectivity index (χ4n) is 3.16. The Hall–Kier alpha value is -3.78. The zero-order valence-electron chi connectivity index (χ0n) is 19.2. The predicted octanol–water partition coefficient (Wildman–Crippen LogP) is 1.16. The van der Waals surface area contributed by atoms with Gasteiger partial charge in [0.2, 0.25) is 12.4 Å². The first-order valence-corrected chi connectivity index (χ1v) is 10.2. The Balaban J connectivity index is 2.38. The van der Waals surface area contributed by atoms with Crippen LogP contribution < -0.4 is 9.47 Å². The van der Waals surface area contributed by atoms with Gasteiger partial charge in [-0.2, -0.15) is 0 Å². The fraction of sp³-hybridized carbons (Fsp3) is 0.478. The van der Waals surface area contributed by atoms with Crippen LogP contribution in [0.1, 0.15) is 27.7 Å². The standard InChI is InChI=1S/C23H26O11/c1-6-11-28-17-7-9-18(10-8-17)33-23-22(32-16(5)27)21(31-15(4)26)20(30-14(3)25)19(34-23)12-29-13(2)24/h1,7-10,19-23H,11-12H2,2-5H3/t19-,20-,21+,22-,23+/m1/s1. The zero-order chi connectivity index (χ0) is 25.3. The average molecular weight is 478 g/mol. The molecule has 1 fully saturated rings. The second kappa shape index (κ2) is 12.5. The molecule has 1 saturated heterocycles. The lowest BCUT2D eigenvalue weighted by Crippen LogP contribution is -2.63. The third-order valence-electron chi connectivity index (χ3n) is 4.35. The van der Waals surface area contributed by atoms with Crippen LogP contribution in [-0.4, -0.2) is 67.8 Å². The number of carbonyl (C=O) groups excluding carboxylic acids is 4. The second-order valence-corrected chi connectivity index (χ2v) is 7.15. The molecule has 0 saturated carbocycles. The molecule has 0 aliphatic carbocycles. The number of terminal acetylenes is 1. The largest absolute Gasteiger partial charge is 0.481 e. The summed E-state index contributed by atoms with van der Waals surface area (Å²) in [6, 6.07) is 6.30. The number of carbonyl (C=O) groups is 4. The van der Waals surface area contributed by atoms with E-state index in [1.165, 1.54) is 6.92 Å². The van der Waals surface area contributed by atoms with Crippen molar-refractivity contribution in [1.29, 1.82) is 0 Å². The molecule has 0 bridgehead atoms. The molecule has 0 radical (unpaired) electrons.